The van der Waals surface area contributed by atoms with Gasteiger partial charge in [0.25, 0.3) is 0 Å². The number of aryl methyl sites for hydroxylation is 1. The Morgan fingerprint density at radius 2 is 2.04 bits per heavy atom. The van der Waals surface area contributed by atoms with Crippen LogP contribution in [0, 0.1) is 6.92 Å². The Morgan fingerprint density at radius 1 is 1.22 bits per heavy atom. The molecule has 0 radical (unpaired) electrons. The van der Waals surface area contributed by atoms with Crippen molar-refractivity contribution in [2.45, 2.75) is 20.4 Å². The molecule has 0 unspecified atom stereocenters. The van der Waals surface area contributed by atoms with Gasteiger partial charge in [-0.15, -0.1) is 0 Å². The highest BCUT2D eigenvalue weighted by Gasteiger charge is 2.15. The van der Waals surface area contributed by atoms with Crippen LogP contribution in [0.25, 0.3) is 21.8 Å². The third-order valence-electron chi connectivity index (χ3n) is 4.57. The lowest BCUT2D eigenvalue weighted by Gasteiger charge is -2.11. The molecule has 0 aliphatic heterocycles. The lowest BCUT2D eigenvalue weighted by atomic mass is 10.1. The predicted octanol–water partition coefficient (Wildman–Crippen LogP) is 4.88. The van der Waals surface area contributed by atoms with Crippen molar-refractivity contribution in [3.8, 4) is 0 Å². The van der Waals surface area contributed by atoms with Gasteiger partial charge in [0.15, 0.2) is 0 Å². The maximum absolute atomic E-state index is 12.1. The average molecular weight is 424 g/mol. The van der Waals surface area contributed by atoms with Gasteiger partial charge in [-0.3, -0.25) is 4.98 Å². The zero-order chi connectivity index (χ0) is 19.0. The Morgan fingerprint density at radius 3 is 2.85 bits per heavy atom. The van der Waals surface area contributed by atoms with Crippen LogP contribution in [-0.4, -0.2) is 27.1 Å². The number of halogens is 1. The highest BCUT2D eigenvalue weighted by Crippen LogP contribution is 2.28. The van der Waals surface area contributed by atoms with Gasteiger partial charge in [0.2, 0.25) is 0 Å². The summed E-state index contributed by atoms with van der Waals surface area (Å²) in [5.41, 5.74) is 3.17. The van der Waals surface area contributed by atoms with Crippen molar-refractivity contribution < 1.29 is 9.53 Å². The molecular formula is C21H18BrN3O2. The Hall–Kier alpha value is -2.73. The number of hydrogen-bond acceptors (Lipinski definition) is 4. The first-order valence-electron chi connectivity index (χ1n) is 8.74. The van der Waals surface area contributed by atoms with E-state index in [0.717, 1.165) is 37.8 Å². The molecule has 0 saturated heterocycles. The van der Waals surface area contributed by atoms with Gasteiger partial charge in [-0.1, -0.05) is 24.3 Å². The molecule has 5 nitrogen and oxygen atoms in total. The summed E-state index contributed by atoms with van der Waals surface area (Å²) in [5.74, 6) is 0.544. The minimum Gasteiger partial charge on any atom is -0.462 e. The van der Waals surface area contributed by atoms with Crippen LogP contribution in [0.2, 0.25) is 0 Å². The van der Waals surface area contributed by atoms with Gasteiger partial charge in [0.1, 0.15) is 5.82 Å². The summed E-state index contributed by atoms with van der Waals surface area (Å²) in [6, 6.07) is 13.6. The Balaban J connectivity index is 1.79. The molecular weight excluding hydrogens is 406 g/mol. The number of aromatic nitrogens is 3. The van der Waals surface area contributed by atoms with Crippen molar-refractivity contribution in [3.63, 3.8) is 0 Å². The summed E-state index contributed by atoms with van der Waals surface area (Å²) < 4.78 is 8.17. The second kappa shape index (κ2) is 7.12. The van der Waals surface area contributed by atoms with E-state index in [9.17, 15) is 4.79 Å². The van der Waals surface area contributed by atoms with Gasteiger partial charge in [-0.05, 0) is 53.4 Å². The Kier molecular flexibility index (Phi) is 4.66. The standard InChI is InChI=1S/C21H18BrN3O2/c1-3-27-21(26)14-8-9-17-19(10-14)25(13(2)24-17)12-18-20(22)16-7-5-4-6-15(16)11-23-18/h4-11H,3,12H2,1-2H3. The number of esters is 1. The highest BCUT2D eigenvalue weighted by molar-refractivity contribution is 9.10. The summed E-state index contributed by atoms with van der Waals surface area (Å²) in [6.45, 7) is 4.66. The number of fused-ring (bicyclic) bond motifs is 2. The number of benzene rings is 2. The number of carbonyl (C=O) groups is 1. The minimum absolute atomic E-state index is 0.324. The average Bonchev–Trinajstić information content (AvgIpc) is 2.99. The second-order valence-electron chi connectivity index (χ2n) is 6.28. The molecule has 0 N–H and O–H groups in total. The van der Waals surface area contributed by atoms with Crippen LogP contribution in [0.5, 0.6) is 0 Å². The van der Waals surface area contributed by atoms with Crippen LogP contribution >= 0.6 is 15.9 Å². The SMILES string of the molecule is CCOC(=O)c1ccc2nc(C)n(Cc3ncc4ccccc4c3Br)c2c1. The van der Waals surface area contributed by atoms with E-state index in [1.807, 2.05) is 43.5 Å². The van der Waals surface area contributed by atoms with Gasteiger partial charge in [-0.2, -0.15) is 0 Å². The van der Waals surface area contributed by atoms with E-state index < -0.39 is 0 Å². The summed E-state index contributed by atoms with van der Waals surface area (Å²) in [6.07, 6.45) is 1.88. The molecule has 2 aromatic carbocycles. The molecule has 0 atom stereocenters. The van der Waals surface area contributed by atoms with E-state index in [1.165, 1.54) is 0 Å². The lowest BCUT2D eigenvalue weighted by molar-refractivity contribution is 0.0526. The van der Waals surface area contributed by atoms with E-state index in [-0.39, 0.29) is 5.97 Å². The first-order valence-corrected chi connectivity index (χ1v) is 9.54. The molecule has 2 aromatic heterocycles. The molecule has 0 aliphatic carbocycles. The Bertz CT molecular complexity index is 1170. The topological polar surface area (TPSA) is 57.0 Å². The molecule has 6 heteroatoms. The number of pyridine rings is 1. The number of rotatable bonds is 4. The molecule has 0 amide bonds. The monoisotopic (exact) mass is 423 g/mol. The zero-order valence-corrected chi connectivity index (χ0v) is 16.7. The second-order valence-corrected chi connectivity index (χ2v) is 7.07. The summed E-state index contributed by atoms with van der Waals surface area (Å²) in [5, 5.41) is 2.21. The van der Waals surface area contributed by atoms with Crippen molar-refractivity contribution in [1.82, 2.24) is 14.5 Å². The molecule has 136 valence electrons. The van der Waals surface area contributed by atoms with Crippen LogP contribution in [0.15, 0.2) is 53.1 Å². The number of carbonyl (C=O) groups excluding carboxylic acids is 1. The first kappa shape index (κ1) is 17.7. The van der Waals surface area contributed by atoms with Crippen LogP contribution in [0.1, 0.15) is 28.8 Å². The van der Waals surface area contributed by atoms with Crippen molar-refractivity contribution in [2.75, 3.05) is 6.61 Å². The fourth-order valence-electron chi connectivity index (χ4n) is 3.21. The smallest absolute Gasteiger partial charge is 0.338 e. The number of hydrogen-bond donors (Lipinski definition) is 0. The van der Waals surface area contributed by atoms with E-state index in [1.54, 1.807) is 13.0 Å². The summed E-state index contributed by atoms with van der Waals surface area (Å²) in [7, 11) is 0. The summed E-state index contributed by atoms with van der Waals surface area (Å²) >= 11 is 3.70. The van der Waals surface area contributed by atoms with E-state index in [4.69, 9.17) is 4.74 Å². The molecule has 0 fully saturated rings. The maximum atomic E-state index is 12.1. The molecule has 0 aliphatic rings. The van der Waals surface area contributed by atoms with Gasteiger partial charge >= 0.3 is 5.97 Å². The van der Waals surface area contributed by atoms with Gasteiger partial charge in [0, 0.05) is 16.1 Å². The van der Waals surface area contributed by atoms with Crippen LogP contribution in [-0.2, 0) is 11.3 Å². The fraction of sp³-hybridized carbons (Fsp3) is 0.190. The van der Waals surface area contributed by atoms with E-state index >= 15 is 0 Å². The van der Waals surface area contributed by atoms with E-state index in [2.05, 4.69) is 36.5 Å². The van der Waals surface area contributed by atoms with Gasteiger partial charge in [-0.25, -0.2) is 9.78 Å². The van der Waals surface area contributed by atoms with Gasteiger partial charge < -0.3 is 9.30 Å². The van der Waals surface area contributed by atoms with Crippen molar-refractivity contribution in [2.24, 2.45) is 0 Å². The largest absolute Gasteiger partial charge is 0.462 e. The van der Waals surface area contributed by atoms with Crippen LogP contribution < -0.4 is 0 Å². The molecule has 2 heterocycles. The minimum atomic E-state index is -0.324. The van der Waals surface area contributed by atoms with Crippen molar-refractivity contribution in [1.29, 1.82) is 0 Å². The van der Waals surface area contributed by atoms with Gasteiger partial charge in [0.05, 0.1) is 35.4 Å². The number of imidazole rings is 1. The van der Waals surface area contributed by atoms with Crippen LogP contribution in [0.4, 0.5) is 0 Å². The Labute approximate surface area is 165 Å². The van der Waals surface area contributed by atoms with Crippen molar-refractivity contribution >= 4 is 43.7 Å². The lowest BCUT2D eigenvalue weighted by Crippen LogP contribution is -2.07. The zero-order valence-electron chi connectivity index (χ0n) is 15.1. The molecule has 4 rings (SSSR count). The molecule has 4 aromatic rings. The number of nitrogens with zero attached hydrogens (tertiary/aromatic N) is 3. The van der Waals surface area contributed by atoms with E-state index in [0.29, 0.717) is 18.7 Å². The maximum Gasteiger partial charge on any atom is 0.338 e. The normalized spacial score (nSPS) is 11.2. The first-order chi connectivity index (χ1) is 13.1. The number of ether oxygens (including phenoxy) is 1. The quantitative estimate of drug-likeness (QED) is 0.438. The third-order valence-corrected chi connectivity index (χ3v) is 5.45. The molecule has 0 spiro atoms. The highest BCUT2D eigenvalue weighted by atomic mass is 79.9. The molecule has 0 bridgehead atoms. The van der Waals surface area contributed by atoms with Crippen LogP contribution in [0.3, 0.4) is 0 Å². The van der Waals surface area contributed by atoms with Crippen molar-refractivity contribution in [3.05, 3.63) is 70.2 Å². The fourth-order valence-corrected chi connectivity index (χ4v) is 3.80. The predicted molar refractivity (Wildman–Crippen MR) is 109 cm³/mol. The molecule has 27 heavy (non-hydrogen) atoms. The molecule has 0 saturated carbocycles. The third kappa shape index (κ3) is 3.21. The summed E-state index contributed by atoms with van der Waals surface area (Å²) in [4.78, 5) is 21.3.